The van der Waals surface area contributed by atoms with E-state index in [1.807, 2.05) is 0 Å². The summed E-state index contributed by atoms with van der Waals surface area (Å²) in [5, 5.41) is 3.06. The highest BCUT2D eigenvalue weighted by molar-refractivity contribution is 7.91. The number of carbonyl (C=O) groups excluding carboxylic acids is 1. The van der Waals surface area contributed by atoms with Crippen LogP contribution in [0.1, 0.15) is 6.42 Å². The van der Waals surface area contributed by atoms with Gasteiger partial charge in [0, 0.05) is 5.69 Å². The van der Waals surface area contributed by atoms with E-state index in [0.717, 1.165) is 0 Å². The number of amides is 1. The average Bonchev–Trinajstić information content (AvgIpc) is 2.70. The van der Waals surface area contributed by atoms with E-state index < -0.39 is 15.8 Å². The van der Waals surface area contributed by atoms with Crippen LogP contribution in [-0.2, 0) is 14.6 Å². The molecule has 7 heteroatoms. The van der Waals surface area contributed by atoms with Crippen molar-refractivity contribution in [3.63, 3.8) is 0 Å². The number of halogens is 1. The van der Waals surface area contributed by atoms with Crippen molar-refractivity contribution in [1.29, 1.82) is 0 Å². The molecule has 104 valence electrons. The Morgan fingerprint density at radius 1 is 1.47 bits per heavy atom. The highest BCUT2D eigenvalue weighted by atomic mass is 35.5. The van der Waals surface area contributed by atoms with E-state index in [1.165, 1.54) is 7.11 Å². The van der Waals surface area contributed by atoms with Crippen molar-refractivity contribution < 1.29 is 17.9 Å². The lowest BCUT2D eigenvalue weighted by Gasteiger charge is -2.10. The van der Waals surface area contributed by atoms with E-state index in [4.69, 9.17) is 16.3 Å². The van der Waals surface area contributed by atoms with Gasteiger partial charge in [0.1, 0.15) is 5.75 Å². The minimum Gasteiger partial charge on any atom is -0.495 e. The lowest BCUT2D eigenvalue weighted by molar-refractivity contribution is -0.119. The van der Waals surface area contributed by atoms with Gasteiger partial charge in [-0.1, -0.05) is 11.6 Å². The molecule has 1 aliphatic rings. The minimum atomic E-state index is -3.06. The van der Waals surface area contributed by atoms with Gasteiger partial charge in [0.25, 0.3) is 0 Å². The van der Waals surface area contributed by atoms with E-state index in [2.05, 4.69) is 5.32 Å². The molecule has 19 heavy (non-hydrogen) atoms. The molecule has 1 amide bonds. The standard InChI is InChI=1S/C12H14ClNO4S/c1-18-11-3-2-9(6-10(11)13)14-12(15)8-4-5-19(16,17)7-8/h2-3,6,8H,4-5,7H2,1H3,(H,14,15)/t8-/m1/s1. The normalized spacial score (nSPS) is 21.1. The zero-order chi connectivity index (χ0) is 14.0. The van der Waals surface area contributed by atoms with Crippen LogP contribution in [0.15, 0.2) is 18.2 Å². The molecule has 0 bridgehead atoms. The van der Waals surface area contributed by atoms with Gasteiger partial charge >= 0.3 is 0 Å². The topological polar surface area (TPSA) is 72.5 Å². The van der Waals surface area contributed by atoms with Crippen molar-refractivity contribution in [1.82, 2.24) is 0 Å². The molecule has 0 aromatic heterocycles. The Morgan fingerprint density at radius 2 is 2.21 bits per heavy atom. The van der Waals surface area contributed by atoms with Crippen LogP contribution in [0.25, 0.3) is 0 Å². The van der Waals surface area contributed by atoms with Crippen molar-refractivity contribution >= 4 is 33.0 Å². The number of anilines is 1. The van der Waals surface area contributed by atoms with E-state index in [9.17, 15) is 13.2 Å². The molecular formula is C12H14ClNO4S. The summed E-state index contributed by atoms with van der Waals surface area (Å²) < 4.78 is 27.6. The summed E-state index contributed by atoms with van der Waals surface area (Å²) in [5.41, 5.74) is 0.528. The van der Waals surface area contributed by atoms with Gasteiger partial charge in [-0.15, -0.1) is 0 Å². The fourth-order valence-corrected chi connectivity index (χ4v) is 3.99. The predicted molar refractivity (Wildman–Crippen MR) is 73.4 cm³/mol. The Morgan fingerprint density at radius 3 is 2.74 bits per heavy atom. The molecule has 0 radical (unpaired) electrons. The quantitative estimate of drug-likeness (QED) is 0.923. The second kappa shape index (κ2) is 5.38. The molecule has 1 atom stereocenters. The third-order valence-electron chi connectivity index (χ3n) is 3.02. The molecule has 0 spiro atoms. The maximum atomic E-state index is 11.9. The molecule has 2 rings (SSSR count). The Labute approximate surface area is 116 Å². The molecule has 0 unspecified atom stereocenters. The van der Waals surface area contributed by atoms with Crippen molar-refractivity contribution in [3.8, 4) is 5.75 Å². The zero-order valence-electron chi connectivity index (χ0n) is 10.3. The number of hydrogen-bond acceptors (Lipinski definition) is 4. The first kappa shape index (κ1) is 14.1. The first-order valence-corrected chi connectivity index (χ1v) is 7.96. The maximum Gasteiger partial charge on any atom is 0.228 e. The monoisotopic (exact) mass is 303 g/mol. The maximum absolute atomic E-state index is 11.9. The Bertz CT molecular complexity index is 600. The van der Waals surface area contributed by atoms with Crippen LogP contribution in [0, 0.1) is 5.92 Å². The van der Waals surface area contributed by atoms with E-state index in [0.29, 0.717) is 22.9 Å². The molecule has 0 saturated carbocycles. The van der Waals surface area contributed by atoms with Gasteiger partial charge < -0.3 is 10.1 Å². The fraction of sp³-hybridized carbons (Fsp3) is 0.417. The van der Waals surface area contributed by atoms with Crippen LogP contribution in [0.5, 0.6) is 5.75 Å². The molecule has 1 saturated heterocycles. The molecular weight excluding hydrogens is 290 g/mol. The number of hydrogen-bond donors (Lipinski definition) is 1. The lowest BCUT2D eigenvalue weighted by Crippen LogP contribution is -2.23. The van der Waals surface area contributed by atoms with Gasteiger partial charge in [-0.3, -0.25) is 4.79 Å². The molecule has 1 heterocycles. The third-order valence-corrected chi connectivity index (χ3v) is 5.09. The number of nitrogens with one attached hydrogen (secondary N) is 1. The summed E-state index contributed by atoms with van der Waals surface area (Å²) in [5.74, 6) is -0.256. The number of ether oxygens (including phenoxy) is 1. The van der Waals surface area contributed by atoms with Crippen molar-refractivity contribution in [3.05, 3.63) is 23.2 Å². The largest absolute Gasteiger partial charge is 0.495 e. The Kier molecular flexibility index (Phi) is 4.01. The van der Waals surface area contributed by atoms with Crippen LogP contribution in [0.4, 0.5) is 5.69 Å². The number of rotatable bonds is 3. The summed E-state index contributed by atoms with van der Waals surface area (Å²) in [6, 6.07) is 4.87. The Balaban J connectivity index is 2.05. The summed E-state index contributed by atoms with van der Waals surface area (Å²) in [6.45, 7) is 0. The van der Waals surface area contributed by atoms with Crippen molar-refractivity contribution in [2.24, 2.45) is 5.92 Å². The summed E-state index contributed by atoms with van der Waals surface area (Å²) in [4.78, 5) is 11.9. The highest BCUT2D eigenvalue weighted by Gasteiger charge is 2.32. The van der Waals surface area contributed by atoms with Crippen LogP contribution in [-0.4, -0.2) is 32.9 Å². The zero-order valence-corrected chi connectivity index (χ0v) is 11.9. The number of benzene rings is 1. The number of carbonyl (C=O) groups is 1. The first-order valence-electron chi connectivity index (χ1n) is 5.76. The van der Waals surface area contributed by atoms with Gasteiger partial charge in [0.2, 0.25) is 5.91 Å². The van der Waals surface area contributed by atoms with Gasteiger partial charge in [-0.2, -0.15) is 0 Å². The molecule has 1 aliphatic heterocycles. The van der Waals surface area contributed by atoms with Crippen molar-refractivity contribution in [2.75, 3.05) is 23.9 Å². The molecule has 5 nitrogen and oxygen atoms in total. The SMILES string of the molecule is COc1ccc(NC(=O)[C@@H]2CCS(=O)(=O)C2)cc1Cl. The van der Waals surface area contributed by atoms with Gasteiger partial charge in [0.05, 0.1) is 29.6 Å². The molecule has 1 N–H and O–H groups in total. The van der Waals surface area contributed by atoms with Crippen LogP contribution in [0.3, 0.4) is 0 Å². The predicted octanol–water partition coefficient (Wildman–Crippen LogP) is 1.72. The van der Waals surface area contributed by atoms with Gasteiger partial charge in [-0.25, -0.2) is 8.42 Å². The van der Waals surface area contributed by atoms with Crippen molar-refractivity contribution in [2.45, 2.75) is 6.42 Å². The second-order valence-electron chi connectivity index (χ2n) is 4.44. The number of methoxy groups -OCH3 is 1. The summed E-state index contributed by atoms with van der Waals surface area (Å²) in [6.07, 6.45) is 0.373. The molecule has 1 fully saturated rings. The molecule has 1 aromatic rings. The molecule has 0 aliphatic carbocycles. The molecule has 1 aromatic carbocycles. The van der Waals surface area contributed by atoms with E-state index >= 15 is 0 Å². The Hall–Kier alpha value is -1.27. The van der Waals surface area contributed by atoms with Gasteiger partial charge in [-0.05, 0) is 24.6 Å². The smallest absolute Gasteiger partial charge is 0.228 e. The van der Waals surface area contributed by atoms with Crippen LogP contribution >= 0.6 is 11.6 Å². The van der Waals surface area contributed by atoms with E-state index in [-0.39, 0.29) is 17.4 Å². The summed E-state index contributed by atoms with van der Waals surface area (Å²) in [7, 11) is -1.56. The number of sulfone groups is 1. The highest BCUT2D eigenvalue weighted by Crippen LogP contribution is 2.28. The van der Waals surface area contributed by atoms with Crippen LogP contribution in [0.2, 0.25) is 5.02 Å². The minimum absolute atomic E-state index is 0.0778. The fourth-order valence-electron chi connectivity index (χ4n) is 1.99. The van der Waals surface area contributed by atoms with Gasteiger partial charge in [0.15, 0.2) is 9.84 Å². The lowest BCUT2D eigenvalue weighted by atomic mass is 10.1. The third kappa shape index (κ3) is 3.39. The average molecular weight is 304 g/mol. The van der Waals surface area contributed by atoms with E-state index in [1.54, 1.807) is 18.2 Å². The summed E-state index contributed by atoms with van der Waals surface area (Å²) >= 11 is 5.95. The first-order chi connectivity index (χ1) is 8.91. The van der Waals surface area contributed by atoms with Crippen LogP contribution < -0.4 is 10.1 Å². The second-order valence-corrected chi connectivity index (χ2v) is 7.07.